The van der Waals surface area contributed by atoms with E-state index in [1.807, 2.05) is 48.5 Å². The van der Waals surface area contributed by atoms with Crippen LogP contribution in [-0.4, -0.2) is 16.9 Å². The second-order valence-corrected chi connectivity index (χ2v) is 6.39. The van der Waals surface area contributed by atoms with Crippen molar-refractivity contribution in [3.05, 3.63) is 71.3 Å². The molecule has 1 atom stereocenters. The zero-order chi connectivity index (χ0) is 16.3. The van der Waals surface area contributed by atoms with Crippen molar-refractivity contribution >= 4 is 5.78 Å². The van der Waals surface area contributed by atoms with Crippen molar-refractivity contribution in [1.29, 1.82) is 0 Å². The Labute approximate surface area is 139 Å². The van der Waals surface area contributed by atoms with Gasteiger partial charge in [-0.3, -0.25) is 4.79 Å². The third-order valence-corrected chi connectivity index (χ3v) is 4.77. The highest BCUT2D eigenvalue weighted by Crippen LogP contribution is 2.41. The predicted octanol–water partition coefficient (Wildman–Crippen LogP) is 4.28. The molecule has 0 saturated heterocycles. The molecule has 0 fully saturated rings. The van der Waals surface area contributed by atoms with E-state index in [4.69, 9.17) is 9.72 Å². The number of ether oxygens (including phenoxy) is 1. The Morgan fingerprint density at radius 1 is 0.917 bits per heavy atom. The Bertz CT molecular complexity index is 1010. The highest BCUT2D eigenvalue weighted by atomic mass is 16.5. The minimum atomic E-state index is 0.0582. The molecule has 2 heterocycles. The Morgan fingerprint density at radius 2 is 1.71 bits per heavy atom. The maximum atomic E-state index is 12.5. The van der Waals surface area contributed by atoms with Gasteiger partial charge in [0, 0.05) is 28.7 Å². The van der Waals surface area contributed by atoms with Crippen molar-refractivity contribution in [3.8, 4) is 28.3 Å². The second kappa shape index (κ2) is 4.78. The van der Waals surface area contributed by atoms with Gasteiger partial charge in [-0.25, -0.2) is 4.98 Å². The number of ketones is 1. The Morgan fingerprint density at radius 3 is 2.58 bits per heavy atom. The number of benzene rings is 2. The maximum absolute atomic E-state index is 12.5. The van der Waals surface area contributed by atoms with E-state index in [0.717, 1.165) is 40.2 Å². The molecule has 0 bridgehead atoms. The molecule has 24 heavy (non-hydrogen) atoms. The number of fused-ring (bicyclic) bond motifs is 4. The summed E-state index contributed by atoms with van der Waals surface area (Å²) in [6, 6.07) is 17.7. The largest absolute Gasteiger partial charge is 0.489 e. The van der Waals surface area contributed by atoms with E-state index < -0.39 is 0 Å². The minimum Gasteiger partial charge on any atom is -0.489 e. The lowest BCUT2D eigenvalue weighted by molar-refractivity contribution is 0.104. The van der Waals surface area contributed by atoms with Crippen molar-refractivity contribution < 1.29 is 9.53 Å². The summed E-state index contributed by atoms with van der Waals surface area (Å²) in [6.07, 6.45) is 1.12. The average Bonchev–Trinajstić information content (AvgIpc) is 3.12. The first kappa shape index (κ1) is 13.5. The van der Waals surface area contributed by atoms with Crippen LogP contribution in [-0.2, 0) is 6.42 Å². The molecule has 3 heteroatoms. The predicted molar refractivity (Wildman–Crippen MR) is 92.3 cm³/mol. The van der Waals surface area contributed by atoms with Gasteiger partial charge >= 0.3 is 0 Å². The van der Waals surface area contributed by atoms with Gasteiger partial charge in [0.25, 0.3) is 0 Å². The van der Waals surface area contributed by atoms with Gasteiger partial charge in [0.2, 0.25) is 0 Å². The number of rotatable bonds is 1. The quantitative estimate of drug-likeness (QED) is 0.526. The molecule has 1 unspecified atom stereocenters. The molecule has 116 valence electrons. The molecule has 5 rings (SSSR count). The minimum absolute atomic E-state index is 0.0582. The second-order valence-electron chi connectivity index (χ2n) is 6.39. The standard InChI is InChI=1S/C21H15NO2/c1-12-11-13-5-4-8-16(21(13)24-12)18-10-9-17-19(22-18)14-6-2-3-7-15(14)20(17)23/h2-10,12H,11H2,1H3. The van der Waals surface area contributed by atoms with Crippen molar-refractivity contribution in [2.24, 2.45) is 0 Å². The molecular formula is C21H15NO2. The van der Waals surface area contributed by atoms with E-state index in [9.17, 15) is 4.79 Å². The van der Waals surface area contributed by atoms with E-state index in [0.29, 0.717) is 5.56 Å². The highest BCUT2D eigenvalue weighted by molar-refractivity contribution is 6.21. The van der Waals surface area contributed by atoms with Crippen LogP contribution in [0.3, 0.4) is 0 Å². The van der Waals surface area contributed by atoms with Crippen molar-refractivity contribution in [2.45, 2.75) is 19.4 Å². The summed E-state index contributed by atoms with van der Waals surface area (Å²) >= 11 is 0. The van der Waals surface area contributed by atoms with E-state index in [2.05, 4.69) is 13.0 Å². The van der Waals surface area contributed by atoms with Crippen molar-refractivity contribution in [1.82, 2.24) is 4.98 Å². The molecule has 1 aliphatic heterocycles. The molecule has 3 aromatic rings. The highest BCUT2D eigenvalue weighted by Gasteiger charge is 2.29. The van der Waals surface area contributed by atoms with E-state index in [1.165, 1.54) is 5.56 Å². The normalized spacial score (nSPS) is 17.2. The fourth-order valence-corrected chi connectivity index (χ4v) is 3.67. The van der Waals surface area contributed by atoms with E-state index in [-0.39, 0.29) is 11.9 Å². The molecule has 3 nitrogen and oxygen atoms in total. The molecular weight excluding hydrogens is 298 g/mol. The Kier molecular flexibility index (Phi) is 2.69. The number of para-hydroxylation sites is 1. The molecule has 1 aliphatic carbocycles. The first-order valence-corrected chi connectivity index (χ1v) is 8.16. The van der Waals surface area contributed by atoms with Gasteiger partial charge in [-0.2, -0.15) is 0 Å². The summed E-state index contributed by atoms with van der Waals surface area (Å²) in [5.41, 5.74) is 6.18. The summed E-state index contributed by atoms with van der Waals surface area (Å²) in [7, 11) is 0. The van der Waals surface area contributed by atoms with Gasteiger partial charge in [-0.05, 0) is 30.7 Å². The van der Waals surface area contributed by atoms with E-state index in [1.54, 1.807) is 0 Å². The van der Waals surface area contributed by atoms with Gasteiger partial charge in [0.05, 0.1) is 11.4 Å². The number of hydrogen-bond donors (Lipinski definition) is 0. The van der Waals surface area contributed by atoms with Crippen LogP contribution in [0.4, 0.5) is 0 Å². The fraction of sp³-hybridized carbons (Fsp3) is 0.143. The topological polar surface area (TPSA) is 39.2 Å². The van der Waals surface area contributed by atoms with Crippen LogP contribution < -0.4 is 4.74 Å². The summed E-state index contributed by atoms with van der Waals surface area (Å²) in [5, 5.41) is 0. The summed E-state index contributed by atoms with van der Waals surface area (Å²) in [6.45, 7) is 2.08. The van der Waals surface area contributed by atoms with Gasteiger partial charge in [0.1, 0.15) is 11.9 Å². The molecule has 1 aromatic heterocycles. The Hall–Kier alpha value is -2.94. The smallest absolute Gasteiger partial charge is 0.195 e. The number of nitrogens with zero attached hydrogens (tertiary/aromatic N) is 1. The number of hydrogen-bond acceptors (Lipinski definition) is 3. The molecule has 0 amide bonds. The Balaban J connectivity index is 1.70. The first-order chi connectivity index (χ1) is 11.7. The lowest BCUT2D eigenvalue weighted by Gasteiger charge is -2.10. The number of pyridine rings is 1. The zero-order valence-corrected chi connectivity index (χ0v) is 13.2. The number of carbonyl (C=O) groups is 1. The van der Waals surface area contributed by atoms with Gasteiger partial charge in [-0.1, -0.05) is 36.4 Å². The van der Waals surface area contributed by atoms with Gasteiger partial charge in [-0.15, -0.1) is 0 Å². The first-order valence-electron chi connectivity index (χ1n) is 8.16. The van der Waals surface area contributed by atoms with Crippen LogP contribution >= 0.6 is 0 Å². The number of carbonyl (C=O) groups excluding carboxylic acids is 1. The molecule has 0 N–H and O–H groups in total. The van der Waals surface area contributed by atoms with Crippen molar-refractivity contribution in [3.63, 3.8) is 0 Å². The SMILES string of the molecule is CC1Cc2cccc(-c3ccc4c(n3)-c3ccccc3C4=O)c2O1. The maximum Gasteiger partial charge on any atom is 0.195 e. The van der Waals surface area contributed by atoms with Crippen LogP contribution in [0, 0.1) is 0 Å². The summed E-state index contributed by atoms with van der Waals surface area (Å²) in [5.74, 6) is 0.984. The van der Waals surface area contributed by atoms with Crippen LogP contribution in [0.2, 0.25) is 0 Å². The van der Waals surface area contributed by atoms with Crippen LogP contribution in [0.25, 0.3) is 22.5 Å². The average molecular weight is 313 g/mol. The fourth-order valence-electron chi connectivity index (χ4n) is 3.67. The van der Waals surface area contributed by atoms with Crippen molar-refractivity contribution in [2.75, 3.05) is 0 Å². The molecule has 2 aromatic carbocycles. The summed E-state index contributed by atoms with van der Waals surface area (Å²) < 4.78 is 6.00. The lowest BCUT2D eigenvalue weighted by Crippen LogP contribution is -2.05. The van der Waals surface area contributed by atoms with Crippen LogP contribution in [0.15, 0.2) is 54.6 Å². The van der Waals surface area contributed by atoms with Gasteiger partial charge < -0.3 is 4.74 Å². The summed E-state index contributed by atoms with van der Waals surface area (Å²) in [4.78, 5) is 17.3. The molecule has 0 spiro atoms. The molecule has 2 aliphatic rings. The van der Waals surface area contributed by atoms with Crippen LogP contribution in [0.1, 0.15) is 28.4 Å². The van der Waals surface area contributed by atoms with Gasteiger partial charge in [0.15, 0.2) is 5.78 Å². The monoisotopic (exact) mass is 313 g/mol. The third-order valence-electron chi connectivity index (χ3n) is 4.77. The zero-order valence-electron chi connectivity index (χ0n) is 13.2. The lowest BCUT2D eigenvalue weighted by atomic mass is 10.0. The van der Waals surface area contributed by atoms with E-state index >= 15 is 0 Å². The number of aromatic nitrogens is 1. The third kappa shape index (κ3) is 1.78. The molecule has 0 radical (unpaired) electrons. The van der Waals surface area contributed by atoms with Crippen LogP contribution in [0.5, 0.6) is 5.75 Å². The molecule has 0 saturated carbocycles.